The summed E-state index contributed by atoms with van der Waals surface area (Å²) in [6.45, 7) is 2.01. The minimum atomic E-state index is 0.379. The van der Waals surface area contributed by atoms with E-state index in [1.807, 2.05) is 0 Å². The standard InChI is InChI=1S/C10H14N2O2/c13-8-9-7-10(14-11-9)12-5-3-1-2-4-6-12/h7-8H,1-6H2. The Labute approximate surface area is 82.9 Å². The maximum Gasteiger partial charge on any atom is 0.227 e. The molecule has 14 heavy (non-hydrogen) atoms. The molecule has 1 fully saturated rings. The van der Waals surface area contributed by atoms with Crippen LogP contribution in [0, 0.1) is 0 Å². The molecule has 0 N–H and O–H groups in total. The summed E-state index contributed by atoms with van der Waals surface area (Å²) in [6, 6.07) is 1.71. The van der Waals surface area contributed by atoms with Crippen LogP contribution in [0.25, 0.3) is 0 Å². The molecule has 0 unspecified atom stereocenters. The Balaban J connectivity index is 2.08. The molecule has 2 rings (SSSR count). The highest BCUT2D eigenvalue weighted by Crippen LogP contribution is 2.19. The molecule has 2 heterocycles. The van der Waals surface area contributed by atoms with E-state index >= 15 is 0 Å². The van der Waals surface area contributed by atoms with Crippen LogP contribution in [-0.2, 0) is 0 Å². The number of carbonyl (C=O) groups excluding carboxylic acids is 1. The van der Waals surface area contributed by atoms with Crippen LogP contribution in [0.15, 0.2) is 10.6 Å². The van der Waals surface area contributed by atoms with Crippen LogP contribution >= 0.6 is 0 Å². The summed E-state index contributed by atoms with van der Waals surface area (Å²) in [6.07, 6.45) is 5.66. The van der Waals surface area contributed by atoms with E-state index < -0.39 is 0 Å². The molecule has 4 nitrogen and oxygen atoms in total. The van der Waals surface area contributed by atoms with E-state index in [9.17, 15) is 4.79 Å². The van der Waals surface area contributed by atoms with Gasteiger partial charge in [-0.15, -0.1) is 0 Å². The predicted octanol–water partition coefficient (Wildman–Crippen LogP) is 1.87. The summed E-state index contributed by atoms with van der Waals surface area (Å²) in [5, 5.41) is 3.66. The topological polar surface area (TPSA) is 46.3 Å². The molecule has 0 aromatic carbocycles. The number of nitrogens with zero attached hydrogens (tertiary/aromatic N) is 2. The normalized spacial score (nSPS) is 17.9. The fourth-order valence-electron chi connectivity index (χ4n) is 1.77. The van der Waals surface area contributed by atoms with E-state index in [-0.39, 0.29) is 0 Å². The summed E-state index contributed by atoms with van der Waals surface area (Å²) in [7, 11) is 0. The number of anilines is 1. The zero-order chi connectivity index (χ0) is 9.80. The van der Waals surface area contributed by atoms with E-state index in [0.29, 0.717) is 12.0 Å². The van der Waals surface area contributed by atoms with Crippen molar-refractivity contribution < 1.29 is 9.32 Å². The Morgan fingerprint density at radius 3 is 2.57 bits per heavy atom. The molecule has 0 amide bonds. The van der Waals surface area contributed by atoms with Crippen molar-refractivity contribution >= 4 is 12.2 Å². The van der Waals surface area contributed by atoms with Gasteiger partial charge in [0.15, 0.2) is 6.29 Å². The molecular weight excluding hydrogens is 180 g/mol. The lowest BCUT2D eigenvalue weighted by Crippen LogP contribution is -2.23. The second-order valence-corrected chi connectivity index (χ2v) is 3.61. The van der Waals surface area contributed by atoms with E-state index in [1.165, 1.54) is 25.7 Å². The molecule has 1 saturated heterocycles. The Kier molecular flexibility index (Phi) is 2.81. The third-order valence-corrected chi connectivity index (χ3v) is 2.55. The third-order valence-electron chi connectivity index (χ3n) is 2.55. The fraction of sp³-hybridized carbons (Fsp3) is 0.600. The van der Waals surface area contributed by atoms with Gasteiger partial charge in [-0.1, -0.05) is 18.0 Å². The summed E-state index contributed by atoms with van der Waals surface area (Å²) >= 11 is 0. The molecular formula is C10H14N2O2. The molecule has 1 aromatic rings. The van der Waals surface area contributed by atoms with Crippen LogP contribution in [0.1, 0.15) is 36.2 Å². The van der Waals surface area contributed by atoms with E-state index in [4.69, 9.17) is 4.52 Å². The number of aromatic nitrogens is 1. The summed E-state index contributed by atoms with van der Waals surface area (Å²) in [5.74, 6) is 0.731. The maximum atomic E-state index is 10.4. The van der Waals surface area contributed by atoms with Crippen LogP contribution in [0.4, 0.5) is 5.88 Å². The number of aldehydes is 1. The number of rotatable bonds is 2. The highest BCUT2D eigenvalue weighted by Gasteiger charge is 2.14. The van der Waals surface area contributed by atoms with Gasteiger partial charge in [-0.2, -0.15) is 0 Å². The third kappa shape index (κ3) is 1.95. The molecule has 1 aromatic heterocycles. The smallest absolute Gasteiger partial charge is 0.227 e. The van der Waals surface area contributed by atoms with Crippen molar-refractivity contribution in [2.24, 2.45) is 0 Å². The highest BCUT2D eigenvalue weighted by atomic mass is 16.5. The van der Waals surface area contributed by atoms with Gasteiger partial charge in [0.25, 0.3) is 0 Å². The first-order valence-electron chi connectivity index (χ1n) is 5.07. The predicted molar refractivity (Wildman–Crippen MR) is 52.6 cm³/mol. The van der Waals surface area contributed by atoms with Crippen LogP contribution in [0.2, 0.25) is 0 Å². The molecule has 0 saturated carbocycles. The van der Waals surface area contributed by atoms with Gasteiger partial charge >= 0.3 is 0 Å². The van der Waals surface area contributed by atoms with Gasteiger partial charge in [-0.05, 0) is 12.8 Å². The van der Waals surface area contributed by atoms with Crippen molar-refractivity contribution in [3.8, 4) is 0 Å². The van der Waals surface area contributed by atoms with Crippen LogP contribution in [0.5, 0.6) is 0 Å². The first-order chi connectivity index (χ1) is 6.90. The van der Waals surface area contributed by atoms with Crippen molar-refractivity contribution in [3.05, 3.63) is 11.8 Å². The molecule has 1 aliphatic heterocycles. The Bertz CT molecular complexity index is 301. The summed E-state index contributed by atoms with van der Waals surface area (Å²) in [4.78, 5) is 12.6. The second kappa shape index (κ2) is 4.26. The lowest BCUT2D eigenvalue weighted by atomic mass is 10.2. The Morgan fingerprint density at radius 1 is 1.29 bits per heavy atom. The van der Waals surface area contributed by atoms with Crippen molar-refractivity contribution in [1.82, 2.24) is 5.16 Å². The summed E-state index contributed by atoms with van der Waals surface area (Å²) in [5.41, 5.74) is 0.379. The molecule has 0 radical (unpaired) electrons. The van der Waals surface area contributed by atoms with Gasteiger partial charge < -0.3 is 9.42 Å². The summed E-state index contributed by atoms with van der Waals surface area (Å²) < 4.78 is 5.10. The largest absolute Gasteiger partial charge is 0.341 e. The number of hydrogen-bond acceptors (Lipinski definition) is 4. The van der Waals surface area contributed by atoms with Crippen LogP contribution in [-0.4, -0.2) is 24.5 Å². The lowest BCUT2D eigenvalue weighted by molar-refractivity contribution is 0.111. The van der Waals surface area contributed by atoms with Gasteiger partial charge in [0.1, 0.15) is 5.69 Å². The van der Waals surface area contributed by atoms with Crippen molar-refractivity contribution in [2.45, 2.75) is 25.7 Å². The molecule has 0 spiro atoms. The van der Waals surface area contributed by atoms with Gasteiger partial charge in [-0.3, -0.25) is 4.79 Å². The Hall–Kier alpha value is -1.32. The lowest BCUT2D eigenvalue weighted by Gasteiger charge is -2.17. The second-order valence-electron chi connectivity index (χ2n) is 3.61. The molecule has 1 aliphatic rings. The first kappa shape index (κ1) is 9.24. The van der Waals surface area contributed by atoms with Gasteiger partial charge in [0.05, 0.1) is 0 Å². The average Bonchev–Trinajstić information content (AvgIpc) is 2.53. The zero-order valence-corrected chi connectivity index (χ0v) is 8.11. The minimum absolute atomic E-state index is 0.379. The minimum Gasteiger partial charge on any atom is -0.341 e. The molecule has 4 heteroatoms. The van der Waals surface area contributed by atoms with E-state index in [0.717, 1.165) is 19.0 Å². The average molecular weight is 194 g/mol. The van der Waals surface area contributed by atoms with Crippen molar-refractivity contribution in [3.63, 3.8) is 0 Å². The van der Waals surface area contributed by atoms with Crippen LogP contribution in [0.3, 0.4) is 0 Å². The number of hydrogen-bond donors (Lipinski definition) is 0. The quantitative estimate of drug-likeness (QED) is 0.674. The van der Waals surface area contributed by atoms with Gasteiger partial charge in [-0.25, -0.2) is 0 Å². The number of carbonyl (C=O) groups is 1. The van der Waals surface area contributed by atoms with Crippen molar-refractivity contribution in [2.75, 3.05) is 18.0 Å². The Morgan fingerprint density at radius 2 is 2.00 bits per heavy atom. The highest BCUT2D eigenvalue weighted by molar-refractivity contribution is 5.72. The monoisotopic (exact) mass is 194 g/mol. The van der Waals surface area contributed by atoms with E-state index in [2.05, 4.69) is 10.1 Å². The van der Waals surface area contributed by atoms with Gasteiger partial charge in [0.2, 0.25) is 5.88 Å². The molecule has 0 bridgehead atoms. The molecule has 0 aliphatic carbocycles. The van der Waals surface area contributed by atoms with Gasteiger partial charge in [0, 0.05) is 19.2 Å². The fourth-order valence-corrected chi connectivity index (χ4v) is 1.77. The van der Waals surface area contributed by atoms with E-state index in [1.54, 1.807) is 6.07 Å². The maximum absolute atomic E-state index is 10.4. The molecule has 76 valence electrons. The van der Waals surface area contributed by atoms with Crippen LogP contribution < -0.4 is 4.90 Å². The van der Waals surface area contributed by atoms with Crippen molar-refractivity contribution in [1.29, 1.82) is 0 Å². The molecule has 0 atom stereocenters. The zero-order valence-electron chi connectivity index (χ0n) is 8.11. The SMILES string of the molecule is O=Cc1cc(N2CCCCCC2)on1. The first-order valence-corrected chi connectivity index (χ1v) is 5.07.